The summed E-state index contributed by atoms with van der Waals surface area (Å²) in [4.78, 5) is 0. The lowest BCUT2D eigenvalue weighted by Crippen LogP contribution is -3.00. The van der Waals surface area contributed by atoms with Crippen molar-refractivity contribution in [1.29, 1.82) is 0 Å². The molecule has 0 fully saturated rings. The van der Waals surface area contributed by atoms with Gasteiger partial charge in [0.2, 0.25) is 5.82 Å². The Labute approximate surface area is 135 Å². The molecule has 0 aliphatic carbocycles. The molecular weight excluding hydrogens is 294 g/mol. The summed E-state index contributed by atoms with van der Waals surface area (Å²) in [5.41, 5.74) is 3.70. The first-order valence-electron chi connectivity index (χ1n) is 7.14. The predicted molar refractivity (Wildman–Crippen MR) is 82.8 cm³/mol. The fourth-order valence-electron chi connectivity index (χ4n) is 2.82. The Morgan fingerprint density at radius 1 is 0.955 bits per heavy atom. The first-order valence-corrected chi connectivity index (χ1v) is 7.14. The van der Waals surface area contributed by atoms with Crippen molar-refractivity contribution in [3.05, 3.63) is 77.9 Å². The van der Waals surface area contributed by atoms with Gasteiger partial charge in [-0.15, -0.1) is 0 Å². The molecule has 2 heterocycles. The molecule has 0 saturated heterocycles. The summed E-state index contributed by atoms with van der Waals surface area (Å²) in [5.74, 6) is 2.17. The lowest BCUT2D eigenvalue weighted by molar-refractivity contribution is -0.688. The number of para-hydroxylation sites is 1. The van der Waals surface area contributed by atoms with E-state index >= 15 is 0 Å². The molecule has 3 nitrogen and oxygen atoms in total. The van der Waals surface area contributed by atoms with Crippen molar-refractivity contribution in [3.8, 4) is 5.69 Å². The van der Waals surface area contributed by atoms with Crippen LogP contribution in [0.25, 0.3) is 17.3 Å². The molecule has 0 amide bonds. The summed E-state index contributed by atoms with van der Waals surface area (Å²) in [6, 6.07) is 20.8. The molecule has 1 aliphatic heterocycles. The van der Waals surface area contributed by atoms with Crippen LogP contribution < -0.4 is 17.0 Å². The van der Waals surface area contributed by atoms with Crippen LogP contribution in [-0.4, -0.2) is 9.78 Å². The van der Waals surface area contributed by atoms with E-state index in [9.17, 15) is 0 Å². The Bertz CT molecular complexity index is 820. The van der Waals surface area contributed by atoms with Gasteiger partial charge >= 0.3 is 5.82 Å². The summed E-state index contributed by atoms with van der Waals surface area (Å²) >= 11 is 0. The van der Waals surface area contributed by atoms with Crippen molar-refractivity contribution >= 4 is 11.6 Å². The Hall–Kier alpha value is -2.39. The van der Waals surface area contributed by atoms with Gasteiger partial charge in [-0.25, -0.2) is 4.57 Å². The van der Waals surface area contributed by atoms with Crippen LogP contribution in [0.1, 0.15) is 17.2 Å². The van der Waals surface area contributed by atoms with Gasteiger partial charge in [-0.05, 0) is 17.7 Å². The van der Waals surface area contributed by atoms with Crippen LogP contribution in [0, 0.1) is 6.92 Å². The summed E-state index contributed by atoms with van der Waals surface area (Å²) in [7, 11) is 0. The summed E-state index contributed by atoms with van der Waals surface area (Å²) < 4.78 is 4.27. The second-order valence-corrected chi connectivity index (χ2v) is 5.27. The fourth-order valence-corrected chi connectivity index (χ4v) is 2.82. The van der Waals surface area contributed by atoms with Gasteiger partial charge in [-0.3, -0.25) is 0 Å². The van der Waals surface area contributed by atoms with Crippen LogP contribution in [0.5, 0.6) is 0 Å². The number of hydrogen-bond donors (Lipinski definition) is 0. The van der Waals surface area contributed by atoms with Crippen LogP contribution >= 0.6 is 0 Å². The van der Waals surface area contributed by atoms with Gasteiger partial charge in [-0.1, -0.05) is 53.2 Å². The molecule has 0 saturated carbocycles. The Kier molecular flexibility index (Phi) is 3.82. The highest BCUT2D eigenvalue weighted by atomic mass is 35.5. The van der Waals surface area contributed by atoms with E-state index in [1.54, 1.807) is 0 Å². The minimum atomic E-state index is 0. The monoisotopic (exact) mass is 309 g/mol. The minimum Gasteiger partial charge on any atom is -1.00 e. The molecule has 0 radical (unpaired) electrons. The van der Waals surface area contributed by atoms with E-state index in [-0.39, 0.29) is 12.4 Å². The van der Waals surface area contributed by atoms with E-state index in [1.165, 1.54) is 11.1 Å². The van der Waals surface area contributed by atoms with Crippen molar-refractivity contribution < 1.29 is 17.0 Å². The zero-order valence-electron chi connectivity index (χ0n) is 12.3. The molecule has 3 aromatic rings. The Morgan fingerprint density at radius 2 is 1.59 bits per heavy atom. The van der Waals surface area contributed by atoms with Gasteiger partial charge in [-0.2, -0.15) is 0 Å². The van der Waals surface area contributed by atoms with E-state index in [0.717, 1.165) is 23.9 Å². The highest BCUT2D eigenvalue weighted by Crippen LogP contribution is 2.22. The molecule has 4 rings (SSSR count). The molecular formula is C18H16ClN3. The van der Waals surface area contributed by atoms with Crippen molar-refractivity contribution in [2.75, 3.05) is 0 Å². The number of aromatic nitrogens is 3. The van der Waals surface area contributed by atoms with E-state index in [2.05, 4.69) is 54.0 Å². The smallest absolute Gasteiger partial charge is 0.302 e. The highest BCUT2D eigenvalue weighted by molar-refractivity contribution is 5.79. The number of nitrogens with zero attached hydrogens (tertiary/aromatic N) is 3. The summed E-state index contributed by atoms with van der Waals surface area (Å²) in [6.45, 7) is 3.00. The maximum absolute atomic E-state index is 4.74. The second kappa shape index (κ2) is 5.78. The van der Waals surface area contributed by atoms with Crippen LogP contribution in [0.2, 0.25) is 0 Å². The molecule has 0 bridgehead atoms. The molecule has 1 aliphatic rings. The minimum absolute atomic E-state index is 0. The normalized spacial score (nSPS) is 12.5. The van der Waals surface area contributed by atoms with Crippen molar-refractivity contribution in [2.45, 2.75) is 13.5 Å². The summed E-state index contributed by atoms with van der Waals surface area (Å²) in [5, 5.41) is 4.74. The Balaban J connectivity index is 0.00000144. The first kappa shape index (κ1) is 14.5. The maximum Gasteiger partial charge on any atom is 0.302 e. The zero-order chi connectivity index (χ0) is 14.2. The van der Waals surface area contributed by atoms with E-state index in [4.69, 9.17) is 5.10 Å². The van der Waals surface area contributed by atoms with Crippen LogP contribution in [0.3, 0.4) is 0 Å². The number of fused-ring (bicyclic) bond motifs is 1. The topological polar surface area (TPSA) is 21.7 Å². The van der Waals surface area contributed by atoms with Crippen LogP contribution in [-0.2, 0) is 6.54 Å². The van der Waals surface area contributed by atoms with Gasteiger partial charge in [0.25, 0.3) is 0 Å². The van der Waals surface area contributed by atoms with Crippen molar-refractivity contribution in [3.63, 3.8) is 0 Å². The molecule has 1 aromatic heterocycles. The number of rotatable bonds is 2. The predicted octanol–water partition coefficient (Wildman–Crippen LogP) is 0.0264. The Morgan fingerprint density at radius 3 is 2.23 bits per heavy atom. The number of halogens is 1. The maximum atomic E-state index is 4.74. The lowest BCUT2D eigenvalue weighted by Gasteiger charge is -2.02. The molecule has 0 unspecified atom stereocenters. The van der Waals surface area contributed by atoms with E-state index in [1.807, 2.05) is 28.9 Å². The van der Waals surface area contributed by atoms with Crippen molar-refractivity contribution in [1.82, 2.24) is 9.78 Å². The third kappa shape index (κ3) is 2.34. The number of allylic oxidation sites excluding steroid dienone is 1. The average molecular weight is 310 g/mol. The molecule has 4 heteroatoms. The molecule has 0 atom stereocenters. The van der Waals surface area contributed by atoms with Crippen LogP contribution in [0.15, 0.2) is 60.7 Å². The first-order chi connectivity index (χ1) is 10.3. The molecule has 0 spiro atoms. The van der Waals surface area contributed by atoms with Gasteiger partial charge in [0.05, 0.1) is 11.6 Å². The van der Waals surface area contributed by atoms with Gasteiger partial charge in [0.1, 0.15) is 5.69 Å². The standard InChI is InChI=1S/C18H16N3.ClH/c1-14-20-13-16(15-8-4-2-5-9-15)12-18(20)19-21(14)17-10-6-3-7-11-17;/h2-12H,13H2,1H3;1H/q+1;/p-1. The molecule has 2 aromatic carbocycles. The number of hydrogen-bond acceptors (Lipinski definition) is 1. The van der Waals surface area contributed by atoms with Gasteiger partial charge in [0, 0.05) is 18.6 Å². The van der Waals surface area contributed by atoms with Crippen molar-refractivity contribution in [2.24, 2.45) is 0 Å². The summed E-state index contributed by atoms with van der Waals surface area (Å²) in [6.07, 6.45) is 2.18. The van der Waals surface area contributed by atoms with E-state index < -0.39 is 0 Å². The quantitative estimate of drug-likeness (QED) is 0.612. The molecule has 22 heavy (non-hydrogen) atoms. The third-order valence-electron chi connectivity index (χ3n) is 3.95. The fraction of sp³-hybridized carbons (Fsp3) is 0.111. The lowest BCUT2D eigenvalue weighted by atomic mass is 10.1. The highest BCUT2D eigenvalue weighted by Gasteiger charge is 2.28. The van der Waals surface area contributed by atoms with E-state index in [0.29, 0.717) is 0 Å². The second-order valence-electron chi connectivity index (χ2n) is 5.27. The largest absolute Gasteiger partial charge is 1.00 e. The SMILES string of the molecule is Cc1n(-c2ccccc2)nc2[n+]1CC(c1ccccc1)=C2.[Cl-]. The zero-order valence-corrected chi connectivity index (χ0v) is 13.0. The average Bonchev–Trinajstić information content (AvgIpc) is 3.09. The molecule has 110 valence electrons. The number of benzene rings is 2. The molecule has 0 N–H and O–H groups in total. The third-order valence-corrected chi connectivity index (χ3v) is 3.95. The van der Waals surface area contributed by atoms with Crippen LogP contribution in [0.4, 0.5) is 0 Å². The van der Waals surface area contributed by atoms with Gasteiger partial charge < -0.3 is 12.4 Å². The van der Waals surface area contributed by atoms with Gasteiger partial charge in [0.15, 0.2) is 0 Å².